The Labute approximate surface area is 260 Å². The summed E-state index contributed by atoms with van der Waals surface area (Å²) in [6.07, 6.45) is 8.02. The Kier molecular flexibility index (Phi) is 6.03. The lowest BCUT2D eigenvalue weighted by Crippen LogP contribution is -2.39. The number of thiophene rings is 1. The third-order valence-corrected chi connectivity index (χ3v) is 10.5. The van der Waals surface area contributed by atoms with E-state index in [1.165, 1.54) is 59.0 Å². The van der Waals surface area contributed by atoms with Crippen molar-refractivity contribution in [1.29, 1.82) is 0 Å². The fourth-order valence-corrected chi connectivity index (χ4v) is 8.45. The molecule has 3 heterocycles. The summed E-state index contributed by atoms with van der Waals surface area (Å²) < 4.78 is 3.97. The molecule has 7 aromatic rings. The van der Waals surface area contributed by atoms with Gasteiger partial charge in [-0.3, -0.25) is 5.32 Å². The second-order valence-corrected chi connectivity index (χ2v) is 12.9. The van der Waals surface area contributed by atoms with Gasteiger partial charge in [-0.05, 0) is 52.9 Å². The molecule has 1 aliphatic carbocycles. The van der Waals surface area contributed by atoms with E-state index in [4.69, 9.17) is 0 Å². The summed E-state index contributed by atoms with van der Waals surface area (Å²) in [4.78, 5) is 1.45. The number of nitrogens with one attached hydrogen (secondary N) is 2. The van der Waals surface area contributed by atoms with Crippen LogP contribution in [0.3, 0.4) is 0 Å². The smallest absolute Gasteiger partial charge is 0.104 e. The zero-order chi connectivity index (χ0) is 29.0. The van der Waals surface area contributed by atoms with Crippen molar-refractivity contribution in [3.8, 4) is 0 Å². The molecule has 0 radical (unpaired) electrons. The number of para-hydroxylation sites is 1. The van der Waals surface area contributed by atoms with Crippen molar-refractivity contribution in [1.82, 2.24) is 15.2 Å². The standard InChI is InChI=1S/C40H31N3S/c1-3-12-26(13-4-1)33-25-34(42-40(41-33)27-14-5-2-6-15-27)28-22-23-30-29-16-7-9-19-35(29)43(37(30)24-28)36-20-11-18-32-31-17-8-10-21-38(31)44-39(32)36/h1-19,21-25,33,36,40-42H,20H2. The third-order valence-electron chi connectivity index (χ3n) is 9.21. The first kappa shape index (κ1) is 25.6. The van der Waals surface area contributed by atoms with Gasteiger partial charge in [-0.1, -0.05) is 121 Å². The molecular formula is C40H31N3S. The number of fused-ring (bicyclic) bond motifs is 6. The molecular weight excluding hydrogens is 555 g/mol. The topological polar surface area (TPSA) is 29.0 Å². The first-order valence-corrected chi connectivity index (χ1v) is 16.2. The van der Waals surface area contributed by atoms with Gasteiger partial charge in [0.1, 0.15) is 6.17 Å². The minimum absolute atomic E-state index is 0.00690. The summed E-state index contributed by atoms with van der Waals surface area (Å²) in [6.45, 7) is 0. The van der Waals surface area contributed by atoms with Gasteiger partial charge in [0.15, 0.2) is 0 Å². The van der Waals surface area contributed by atoms with Crippen LogP contribution in [0.15, 0.2) is 140 Å². The first-order chi connectivity index (χ1) is 21.8. The highest BCUT2D eigenvalue weighted by molar-refractivity contribution is 7.19. The molecule has 44 heavy (non-hydrogen) atoms. The average molecular weight is 586 g/mol. The number of allylic oxidation sites excluding steroid dienone is 1. The van der Waals surface area contributed by atoms with Crippen molar-refractivity contribution in [2.45, 2.75) is 24.7 Å². The molecule has 0 fully saturated rings. The second kappa shape index (κ2) is 10.4. The van der Waals surface area contributed by atoms with Gasteiger partial charge in [-0.25, -0.2) is 0 Å². The third kappa shape index (κ3) is 4.14. The Balaban J connectivity index is 1.22. The van der Waals surface area contributed by atoms with Crippen LogP contribution in [0.5, 0.6) is 0 Å². The Bertz CT molecular complexity index is 2220. The molecule has 0 amide bonds. The molecule has 5 aromatic carbocycles. The molecule has 1 aliphatic heterocycles. The van der Waals surface area contributed by atoms with Gasteiger partial charge >= 0.3 is 0 Å². The maximum Gasteiger partial charge on any atom is 0.104 e. The van der Waals surface area contributed by atoms with Crippen LogP contribution in [0.4, 0.5) is 0 Å². The minimum atomic E-state index is -0.00690. The summed E-state index contributed by atoms with van der Waals surface area (Å²) in [5, 5.41) is 11.6. The maximum atomic E-state index is 3.85. The number of nitrogens with zero attached hydrogens (tertiary/aromatic N) is 1. The molecule has 4 heteroatoms. The van der Waals surface area contributed by atoms with Crippen LogP contribution in [0, 0.1) is 0 Å². The van der Waals surface area contributed by atoms with Crippen molar-refractivity contribution in [3.05, 3.63) is 167 Å². The van der Waals surface area contributed by atoms with Crippen molar-refractivity contribution in [3.63, 3.8) is 0 Å². The van der Waals surface area contributed by atoms with E-state index in [-0.39, 0.29) is 18.2 Å². The SMILES string of the molecule is C1=Cc2c(sc3ccccc23)C(n2c3ccccc3c3ccc(C4=CC(c5ccccc5)NC(c5ccccc5)N4)cc32)C1. The van der Waals surface area contributed by atoms with Crippen LogP contribution in [0.1, 0.15) is 51.8 Å². The van der Waals surface area contributed by atoms with Gasteiger partial charge in [-0.2, -0.15) is 0 Å². The van der Waals surface area contributed by atoms with E-state index in [0.717, 1.165) is 12.1 Å². The number of hydrogen-bond donors (Lipinski definition) is 2. The summed E-state index contributed by atoms with van der Waals surface area (Å²) in [6, 6.07) is 46.5. The molecule has 3 atom stereocenters. The Morgan fingerprint density at radius 3 is 2.20 bits per heavy atom. The van der Waals surface area contributed by atoms with E-state index < -0.39 is 0 Å². The van der Waals surface area contributed by atoms with E-state index in [9.17, 15) is 0 Å². The molecule has 0 saturated heterocycles. The van der Waals surface area contributed by atoms with Crippen molar-refractivity contribution in [2.75, 3.05) is 0 Å². The fourth-order valence-electron chi connectivity index (χ4n) is 7.15. The molecule has 0 spiro atoms. The molecule has 9 rings (SSSR count). The van der Waals surface area contributed by atoms with E-state index in [0.29, 0.717) is 0 Å². The zero-order valence-corrected chi connectivity index (χ0v) is 25.0. The minimum Gasteiger partial charge on any atom is -0.366 e. The highest BCUT2D eigenvalue weighted by Gasteiger charge is 2.28. The lowest BCUT2D eigenvalue weighted by Gasteiger charge is -2.33. The monoisotopic (exact) mass is 585 g/mol. The van der Waals surface area contributed by atoms with E-state index >= 15 is 0 Å². The van der Waals surface area contributed by atoms with Crippen LogP contribution < -0.4 is 10.6 Å². The van der Waals surface area contributed by atoms with E-state index in [1.807, 2.05) is 11.3 Å². The molecule has 3 unspecified atom stereocenters. The van der Waals surface area contributed by atoms with Crippen LogP contribution in [0.25, 0.3) is 43.7 Å². The Hall–Kier alpha value is -4.90. The lowest BCUT2D eigenvalue weighted by molar-refractivity contribution is 0.442. The van der Waals surface area contributed by atoms with Crippen molar-refractivity contribution < 1.29 is 0 Å². The summed E-state index contributed by atoms with van der Waals surface area (Å²) >= 11 is 1.95. The van der Waals surface area contributed by atoms with Crippen LogP contribution in [-0.4, -0.2) is 4.57 Å². The fraction of sp³-hybridized carbons (Fsp3) is 0.100. The number of hydrogen-bond acceptors (Lipinski definition) is 3. The van der Waals surface area contributed by atoms with Crippen LogP contribution in [0.2, 0.25) is 0 Å². The highest BCUT2D eigenvalue weighted by atomic mass is 32.1. The molecule has 3 nitrogen and oxygen atoms in total. The highest BCUT2D eigenvalue weighted by Crippen LogP contribution is 2.45. The second-order valence-electron chi connectivity index (χ2n) is 11.8. The predicted molar refractivity (Wildman–Crippen MR) is 186 cm³/mol. The number of aromatic nitrogens is 1. The van der Waals surface area contributed by atoms with Crippen LogP contribution >= 0.6 is 11.3 Å². The summed E-state index contributed by atoms with van der Waals surface area (Å²) in [5.41, 5.74) is 8.78. The normalized spacial score (nSPS) is 19.6. The maximum absolute atomic E-state index is 3.85. The predicted octanol–water partition coefficient (Wildman–Crippen LogP) is 9.99. The Morgan fingerprint density at radius 2 is 1.36 bits per heavy atom. The molecule has 0 saturated carbocycles. The lowest BCUT2D eigenvalue weighted by atomic mass is 9.97. The molecule has 212 valence electrons. The largest absolute Gasteiger partial charge is 0.366 e. The first-order valence-electron chi connectivity index (χ1n) is 15.4. The van der Waals surface area contributed by atoms with Gasteiger partial charge in [0, 0.05) is 36.9 Å². The molecule has 2 aromatic heterocycles. The molecule has 2 aliphatic rings. The van der Waals surface area contributed by atoms with Gasteiger partial charge in [0.25, 0.3) is 0 Å². The summed E-state index contributed by atoms with van der Waals surface area (Å²) in [7, 11) is 0. The average Bonchev–Trinajstić information content (AvgIpc) is 3.64. The number of benzene rings is 5. The quantitative estimate of drug-likeness (QED) is 0.215. The van der Waals surface area contributed by atoms with E-state index in [2.05, 4.69) is 161 Å². The Morgan fingerprint density at radius 1 is 0.659 bits per heavy atom. The zero-order valence-electron chi connectivity index (χ0n) is 24.2. The van der Waals surface area contributed by atoms with Gasteiger partial charge in [0.05, 0.1) is 17.6 Å². The van der Waals surface area contributed by atoms with Gasteiger partial charge in [0.2, 0.25) is 0 Å². The van der Waals surface area contributed by atoms with Gasteiger partial charge < -0.3 is 9.88 Å². The van der Waals surface area contributed by atoms with Crippen molar-refractivity contribution >= 4 is 55.0 Å². The van der Waals surface area contributed by atoms with Crippen LogP contribution in [-0.2, 0) is 0 Å². The summed E-state index contributed by atoms with van der Waals surface area (Å²) in [5.74, 6) is 0. The number of rotatable bonds is 4. The van der Waals surface area contributed by atoms with Crippen molar-refractivity contribution in [2.24, 2.45) is 0 Å². The molecule has 2 N–H and O–H groups in total. The van der Waals surface area contributed by atoms with E-state index in [1.54, 1.807) is 0 Å². The van der Waals surface area contributed by atoms with Gasteiger partial charge in [-0.15, -0.1) is 11.3 Å². The molecule has 0 bridgehead atoms.